The fourth-order valence-electron chi connectivity index (χ4n) is 1.96. The fourth-order valence-corrected chi connectivity index (χ4v) is 2.23. The highest BCUT2D eigenvalue weighted by Crippen LogP contribution is 2.26. The summed E-state index contributed by atoms with van der Waals surface area (Å²) in [5, 5.41) is 28.5. The average Bonchev–Trinajstić information content (AvgIpc) is 2.97. The van der Waals surface area contributed by atoms with Crippen molar-refractivity contribution in [2.75, 3.05) is 5.75 Å². The summed E-state index contributed by atoms with van der Waals surface area (Å²) in [5.74, 6) is -0.327. The summed E-state index contributed by atoms with van der Waals surface area (Å²) in [6.45, 7) is 0. The Hall–Kier alpha value is -1.76. The number of carboxylic acids is 1. The standard InChI is InChI=1S/C15H16O5S/c16-11(7-8-21)14(17)10-3-1-9(2-4-10)12-5-6-13(20-12)15(18)19/h1-6,11,14,16-17,21H,7-8H2,(H,18,19). The molecule has 21 heavy (non-hydrogen) atoms. The molecular weight excluding hydrogens is 292 g/mol. The SMILES string of the molecule is O=C(O)c1ccc(-c2ccc(C(O)C(O)CCS)cc2)o1. The summed E-state index contributed by atoms with van der Waals surface area (Å²) in [6, 6.07) is 9.71. The molecule has 2 unspecified atom stereocenters. The number of aliphatic hydroxyl groups excluding tert-OH is 2. The van der Waals surface area contributed by atoms with Gasteiger partial charge in [-0.25, -0.2) is 4.79 Å². The smallest absolute Gasteiger partial charge is 0.371 e. The maximum absolute atomic E-state index is 10.8. The number of furan rings is 1. The third-order valence-electron chi connectivity index (χ3n) is 3.14. The van der Waals surface area contributed by atoms with E-state index >= 15 is 0 Å². The third kappa shape index (κ3) is 3.66. The third-order valence-corrected chi connectivity index (χ3v) is 3.40. The molecule has 6 heteroatoms. The van der Waals surface area contributed by atoms with Gasteiger partial charge < -0.3 is 19.7 Å². The van der Waals surface area contributed by atoms with Crippen LogP contribution in [0.15, 0.2) is 40.8 Å². The van der Waals surface area contributed by atoms with E-state index in [1.54, 1.807) is 30.3 Å². The molecule has 3 N–H and O–H groups in total. The van der Waals surface area contributed by atoms with E-state index in [2.05, 4.69) is 12.6 Å². The first-order valence-electron chi connectivity index (χ1n) is 6.43. The van der Waals surface area contributed by atoms with E-state index in [1.165, 1.54) is 6.07 Å². The van der Waals surface area contributed by atoms with Crippen molar-refractivity contribution in [2.45, 2.75) is 18.6 Å². The van der Waals surface area contributed by atoms with Gasteiger partial charge in [-0.15, -0.1) is 0 Å². The Kier molecular flexibility index (Phi) is 5.06. The summed E-state index contributed by atoms with van der Waals surface area (Å²) in [6.07, 6.45) is -1.44. The van der Waals surface area contributed by atoms with Crippen LogP contribution in [0.3, 0.4) is 0 Å². The Morgan fingerprint density at radius 2 is 1.81 bits per heavy atom. The number of rotatable bonds is 6. The molecule has 0 aliphatic carbocycles. The van der Waals surface area contributed by atoms with Gasteiger partial charge in [0.25, 0.3) is 0 Å². The highest BCUT2D eigenvalue weighted by Gasteiger charge is 2.18. The molecule has 112 valence electrons. The molecule has 2 rings (SSSR count). The van der Waals surface area contributed by atoms with Crippen LogP contribution in [0.4, 0.5) is 0 Å². The zero-order valence-electron chi connectivity index (χ0n) is 11.1. The van der Waals surface area contributed by atoms with Crippen LogP contribution in [0.1, 0.15) is 28.6 Å². The first-order valence-corrected chi connectivity index (χ1v) is 7.06. The summed E-state index contributed by atoms with van der Waals surface area (Å²) >= 11 is 4.02. The van der Waals surface area contributed by atoms with Crippen LogP contribution in [-0.2, 0) is 0 Å². The lowest BCUT2D eigenvalue weighted by molar-refractivity contribution is 0.0172. The molecule has 2 aromatic rings. The Morgan fingerprint density at radius 3 is 2.33 bits per heavy atom. The van der Waals surface area contributed by atoms with Gasteiger partial charge in [-0.2, -0.15) is 12.6 Å². The lowest BCUT2D eigenvalue weighted by atomic mass is 10.0. The second-order valence-electron chi connectivity index (χ2n) is 4.62. The first-order chi connectivity index (χ1) is 10.0. The van der Waals surface area contributed by atoms with E-state index in [0.29, 0.717) is 29.1 Å². The maximum atomic E-state index is 10.8. The van der Waals surface area contributed by atoms with Crippen LogP contribution in [0.5, 0.6) is 0 Å². The van der Waals surface area contributed by atoms with Gasteiger partial charge in [0.1, 0.15) is 11.9 Å². The monoisotopic (exact) mass is 308 g/mol. The van der Waals surface area contributed by atoms with Crippen molar-refractivity contribution in [2.24, 2.45) is 0 Å². The van der Waals surface area contributed by atoms with Gasteiger partial charge in [-0.1, -0.05) is 24.3 Å². The van der Waals surface area contributed by atoms with E-state index in [0.717, 1.165) is 0 Å². The minimum atomic E-state index is -1.12. The largest absolute Gasteiger partial charge is 0.475 e. The zero-order chi connectivity index (χ0) is 15.4. The predicted molar refractivity (Wildman–Crippen MR) is 80.5 cm³/mol. The number of aromatic carboxylic acids is 1. The highest BCUT2D eigenvalue weighted by molar-refractivity contribution is 7.80. The summed E-state index contributed by atoms with van der Waals surface area (Å²) in [5.41, 5.74) is 1.28. The molecule has 0 aliphatic heterocycles. The number of thiol groups is 1. The second-order valence-corrected chi connectivity index (χ2v) is 5.06. The second kappa shape index (κ2) is 6.80. The topological polar surface area (TPSA) is 90.9 Å². The van der Waals surface area contributed by atoms with Crippen LogP contribution in [-0.4, -0.2) is 33.1 Å². The van der Waals surface area contributed by atoms with Crippen molar-refractivity contribution in [1.29, 1.82) is 0 Å². The van der Waals surface area contributed by atoms with Crippen molar-refractivity contribution >= 4 is 18.6 Å². The van der Waals surface area contributed by atoms with E-state index < -0.39 is 18.2 Å². The molecule has 1 aromatic heterocycles. The number of carboxylic acid groups (broad SMARTS) is 1. The molecule has 0 aliphatic rings. The normalized spacial score (nSPS) is 13.9. The molecule has 0 amide bonds. The Bertz CT molecular complexity index is 605. The molecule has 0 spiro atoms. The van der Waals surface area contributed by atoms with Crippen molar-refractivity contribution in [3.8, 4) is 11.3 Å². The van der Waals surface area contributed by atoms with E-state index in [9.17, 15) is 15.0 Å². The first kappa shape index (κ1) is 15.6. The van der Waals surface area contributed by atoms with Crippen molar-refractivity contribution in [3.63, 3.8) is 0 Å². The Morgan fingerprint density at radius 1 is 1.14 bits per heavy atom. The molecular formula is C15H16O5S. The quantitative estimate of drug-likeness (QED) is 0.615. The summed E-state index contributed by atoms with van der Waals surface area (Å²) < 4.78 is 5.20. The molecule has 0 fully saturated rings. The molecule has 0 saturated carbocycles. The molecule has 0 bridgehead atoms. The number of hydrogen-bond acceptors (Lipinski definition) is 5. The van der Waals surface area contributed by atoms with Crippen LogP contribution in [0.2, 0.25) is 0 Å². The zero-order valence-corrected chi connectivity index (χ0v) is 12.0. The van der Waals surface area contributed by atoms with Crippen molar-refractivity contribution in [3.05, 3.63) is 47.7 Å². The van der Waals surface area contributed by atoms with Crippen molar-refractivity contribution < 1.29 is 24.5 Å². The predicted octanol–water partition coefficient (Wildman–Crippen LogP) is 2.36. The van der Waals surface area contributed by atoms with E-state index in [-0.39, 0.29) is 5.76 Å². The molecule has 5 nitrogen and oxygen atoms in total. The van der Waals surface area contributed by atoms with E-state index in [1.807, 2.05) is 0 Å². The van der Waals surface area contributed by atoms with E-state index in [4.69, 9.17) is 9.52 Å². The van der Waals surface area contributed by atoms with Gasteiger partial charge in [-0.3, -0.25) is 0 Å². The van der Waals surface area contributed by atoms with Gasteiger partial charge in [-0.05, 0) is 29.9 Å². The molecule has 1 aromatic carbocycles. The Labute approximate surface area is 127 Å². The van der Waals surface area contributed by atoms with Gasteiger partial charge in [0, 0.05) is 5.56 Å². The highest BCUT2D eigenvalue weighted by atomic mass is 32.1. The lowest BCUT2D eigenvalue weighted by Crippen LogP contribution is -2.18. The van der Waals surface area contributed by atoms with Crippen LogP contribution < -0.4 is 0 Å². The molecule has 1 heterocycles. The molecule has 0 radical (unpaired) electrons. The summed E-state index contributed by atoms with van der Waals surface area (Å²) in [4.78, 5) is 10.8. The lowest BCUT2D eigenvalue weighted by Gasteiger charge is -2.17. The van der Waals surface area contributed by atoms with Gasteiger partial charge >= 0.3 is 5.97 Å². The summed E-state index contributed by atoms with van der Waals surface area (Å²) in [7, 11) is 0. The average molecular weight is 308 g/mol. The number of hydrogen-bond donors (Lipinski definition) is 4. The van der Waals surface area contributed by atoms with Gasteiger partial charge in [0.05, 0.1) is 6.10 Å². The van der Waals surface area contributed by atoms with Gasteiger partial charge in [0.15, 0.2) is 0 Å². The molecule has 2 atom stereocenters. The number of benzene rings is 1. The van der Waals surface area contributed by atoms with Crippen LogP contribution in [0.25, 0.3) is 11.3 Å². The van der Waals surface area contributed by atoms with Crippen LogP contribution in [0, 0.1) is 0 Å². The molecule has 0 saturated heterocycles. The Balaban J connectivity index is 2.16. The maximum Gasteiger partial charge on any atom is 0.371 e. The minimum Gasteiger partial charge on any atom is -0.475 e. The minimum absolute atomic E-state index is 0.127. The van der Waals surface area contributed by atoms with Crippen molar-refractivity contribution in [1.82, 2.24) is 0 Å². The van der Waals surface area contributed by atoms with Gasteiger partial charge in [0.2, 0.25) is 5.76 Å². The number of carbonyl (C=O) groups is 1. The fraction of sp³-hybridized carbons (Fsp3) is 0.267. The number of aliphatic hydroxyl groups is 2. The van der Waals surface area contributed by atoms with Crippen LogP contribution >= 0.6 is 12.6 Å².